The SMILES string of the molecule is CCOC(=O)Cn1c(=O)ccc2ccc(OC)cc21. The summed E-state index contributed by atoms with van der Waals surface area (Å²) in [5.41, 5.74) is 0.411. The summed E-state index contributed by atoms with van der Waals surface area (Å²) in [5, 5.41) is 0.865. The lowest BCUT2D eigenvalue weighted by molar-refractivity contribution is -0.143. The fourth-order valence-electron chi connectivity index (χ4n) is 1.89. The summed E-state index contributed by atoms with van der Waals surface area (Å²) >= 11 is 0. The van der Waals surface area contributed by atoms with E-state index in [1.54, 1.807) is 26.2 Å². The van der Waals surface area contributed by atoms with E-state index in [1.807, 2.05) is 12.1 Å². The first-order chi connectivity index (χ1) is 9.15. The number of rotatable bonds is 4. The fraction of sp³-hybridized carbons (Fsp3) is 0.286. The van der Waals surface area contributed by atoms with Crippen molar-refractivity contribution in [3.63, 3.8) is 0 Å². The summed E-state index contributed by atoms with van der Waals surface area (Å²) in [6.45, 7) is 1.92. The summed E-state index contributed by atoms with van der Waals surface area (Å²) in [6, 6.07) is 8.54. The zero-order valence-electron chi connectivity index (χ0n) is 10.9. The maximum absolute atomic E-state index is 11.9. The molecule has 0 fully saturated rings. The number of nitrogens with zero attached hydrogens (tertiary/aromatic N) is 1. The van der Waals surface area contributed by atoms with E-state index in [2.05, 4.69) is 0 Å². The number of fused-ring (bicyclic) bond motifs is 1. The van der Waals surface area contributed by atoms with Gasteiger partial charge in [-0.05, 0) is 30.5 Å². The molecule has 0 aliphatic carbocycles. The molecule has 0 bridgehead atoms. The van der Waals surface area contributed by atoms with E-state index in [0.29, 0.717) is 17.9 Å². The zero-order valence-corrected chi connectivity index (χ0v) is 10.9. The largest absolute Gasteiger partial charge is 0.497 e. The van der Waals surface area contributed by atoms with E-state index in [1.165, 1.54) is 10.6 Å². The third kappa shape index (κ3) is 2.76. The van der Waals surface area contributed by atoms with E-state index >= 15 is 0 Å². The number of pyridine rings is 1. The van der Waals surface area contributed by atoms with Crippen molar-refractivity contribution in [3.8, 4) is 5.75 Å². The zero-order chi connectivity index (χ0) is 13.8. The molecule has 0 saturated heterocycles. The van der Waals surface area contributed by atoms with Gasteiger partial charge in [0.1, 0.15) is 12.3 Å². The molecule has 19 heavy (non-hydrogen) atoms. The average Bonchev–Trinajstić information content (AvgIpc) is 2.42. The molecule has 0 radical (unpaired) electrons. The number of hydrogen-bond acceptors (Lipinski definition) is 4. The van der Waals surface area contributed by atoms with Crippen LogP contribution < -0.4 is 10.3 Å². The lowest BCUT2D eigenvalue weighted by Gasteiger charge is -2.10. The molecule has 5 nitrogen and oxygen atoms in total. The van der Waals surface area contributed by atoms with Crippen molar-refractivity contribution in [2.45, 2.75) is 13.5 Å². The van der Waals surface area contributed by atoms with Gasteiger partial charge in [0, 0.05) is 12.1 Å². The molecule has 1 aromatic heterocycles. The fourth-order valence-corrected chi connectivity index (χ4v) is 1.89. The van der Waals surface area contributed by atoms with Crippen molar-refractivity contribution in [1.29, 1.82) is 0 Å². The normalized spacial score (nSPS) is 10.4. The highest BCUT2D eigenvalue weighted by Crippen LogP contribution is 2.19. The molecule has 0 aliphatic heterocycles. The molecule has 2 aromatic rings. The predicted octanol–water partition coefficient (Wildman–Crippen LogP) is 1.57. The molecule has 0 atom stereocenters. The van der Waals surface area contributed by atoms with E-state index in [4.69, 9.17) is 9.47 Å². The third-order valence-electron chi connectivity index (χ3n) is 2.79. The number of benzene rings is 1. The van der Waals surface area contributed by atoms with Gasteiger partial charge in [0.05, 0.1) is 19.2 Å². The van der Waals surface area contributed by atoms with Gasteiger partial charge in [-0.15, -0.1) is 0 Å². The van der Waals surface area contributed by atoms with Gasteiger partial charge in [-0.25, -0.2) is 0 Å². The Hall–Kier alpha value is -2.30. The monoisotopic (exact) mass is 261 g/mol. The van der Waals surface area contributed by atoms with E-state index in [0.717, 1.165) is 5.39 Å². The summed E-state index contributed by atoms with van der Waals surface area (Å²) in [6.07, 6.45) is 0. The van der Waals surface area contributed by atoms with E-state index < -0.39 is 5.97 Å². The maximum atomic E-state index is 11.9. The topological polar surface area (TPSA) is 57.5 Å². The van der Waals surface area contributed by atoms with Gasteiger partial charge in [0.25, 0.3) is 5.56 Å². The van der Waals surface area contributed by atoms with Crippen LogP contribution in [0.25, 0.3) is 10.9 Å². The van der Waals surface area contributed by atoms with Crippen LogP contribution in [0.2, 0.25) is 0 Å². The number of hydrogen-bond donors (Lipinski definition) is 0. The van der Waals surface area contributed by atoms with Crippen molar-refractivity contribution in [1.82, 2.24) is 4.57 Å². The second kappa shape index (κ2) is 5.56. The van der Waals surface area contributed by atoms with Crippen LogP contribution in [0.4, 0.5) is 0 Å². The minimum atomic E-state index is -0.431. The third-order valence-corrected chi connectivity index (χ3v) is 2.79. The van der Waals surface area contributed by atoms with Crippen molar-refractivity contribution >= 4 is 16.9 Å². The Morgan fingerprint density at radius 3 is 2.68 bits per heavy atom. The van der Waals surface area contributed by atoms with Gasteiger partial charge in [0.15, 0.2) is 0 Å². The van der Waals surface area contributed by atoms with Crippen LogP contribution in [0, 0.1) is 0 Å². The Morgan fingerprint density at radius 1 is 1.26 bits per heavy atom. The molecule has 0 unspecified atom stereocenters. The lowest BCUT2D eigenvalue weighted by Crippen LogP contribution is -2.25. The number of ether oxygens (including phenoxy) is 2. The van der Waals surface area contributed by atoms with Crippen LogP contribution in [0.1, 0.15) is 6.92 Å². The maximum Gasteiger partial charge on any atom is 0.326 e. The van der Waals surface area contributed by atoms with Crippen LogP contribution in [0.15, 0.2) is 35.1 Å². The average molecular weight is 261 g/mol. The highest BCUT2D eigenvalue weighted by molar-refractivity contribution is 5.82. The van der Waals surface area contributed by atoms with Crippen molar-refractivity contribution in [2.75, 3.05) is 13.7 Å². The second-order valence-corrected chi connectivity index (χ2v) is 3.99. The van der Waals surface area contributed by atoms with Gasteiger partial charge in [-0.3, -0.25) is 14.2 Å². The molecule has 100 valence electrons. The Kier molecular flexibility index (Phi) is 3.85. The van der Waals surface area contributed by atoms with Gasteiger partial charge in [-0.1, -0.05) is 0 Å². The number of carbonyl (C=O) groups is 1. The molecule has 5 heteroatoms. The molecule has 0 spiro atoms. The second-order valence-electron chi connectivity index (χ2n) is 3.99. The highest BCUT2D eigenvalue weighted by Gasteiger charge is 2.09. The highest BCUT2D eigenvalue weighted by atomic mass is 16.5. The Morgan fingerprint density at radius 2 is 2.00 bits per heavy atom. The van der Waals surface area contributed by atoms with E-state index in [9.17, 15) is 9.59 Å². The molecule has 0 saturated carbocycles. The van der Waals surface area contributed by atoms with Crippen LogP contribution in [-0.4, -0.2) is 24.3 Å². The first kappa shape index (κ1) is 13.1. The molecule has 2 rings (SSSR count). The summed E-state index contributed by atoms with van der Waals surface area (Å²) in [5.74, 6) is 0.204. The number of esters is 1. The van der Waals surface area contributed by atoms with Crippen LogP contribution in [0.5, 0.6) is 5.75 Å². The quantitative estimate of drug-likeness (QED) is 0.784. The van der Waals surface area contributed by atoms with Crippen LogP contribution in [0.3, 0.4) is 0 Å². The predicted molar refractivity (Wildman–Crippen MR) is 71.4 cm³/mol. The molecule has 0 aliphatic rings. The summed E-state index contributed by atoms with van der Waals surface area (Å²) in [7, 11) is 1.55. The number of methoxy groups -OCH3 is 1. The number of carbonyl (C=O) groups excluding carboxylic acids is 1. The lowest BCUT2D eigenvalue weighted by atomic mass is 10.2. The molecular weight excluding hydrogens is 246 g/mol. The minimum absolute atomic E-state index is 0.100. The van der Waals surface area contributed by atoms with Gasteiger partial charge < -0.3 is 9.47 Å². The Bertz CT molecular complexity index is 660. The molecule has 0 N–H and O–H groups in total. The smallest absolute Gasteiger partial charge is 0.326 e. The van der Waals surface area contributed by atoms with Crippen LogP contribution in [-0.2, 0) is 16.1 Å². The Balaban J connectivity index is 2.53. The van der Waals surface area contributed by atoms with Crippen molar-refractivity contribution in [3.05, 3.63) is 40.7 Å². The van der Waals surface area contributed by atoms with Crippen molar-refractivity contribution in [2.24, 2.45) is 0 Å². The Labute approximate surface area is 110 Å². The molecule has 1 aromatic carbocycles. The first-order valence-corrected chi connectivity index (χ1v) is 5.99. The standard InChI is InChI=1S/C14H15NO4/c1-3-19-14(17)9-15-12-8-11(18-2)6-4-10(12)5-7-13(15)16/h4-8H,3,9H2,1-2H3. The van der Waals surface area contributed by atoms with Gasteiger partial charge >= 0.3 is 5.97 Å². The molecule has 0 amide bonds. The number of aromatic nitrogens is 1. The summed E-state index contributed by atoms with van der Waals surface area (Å²) in [4.78, 5) is 23.4. The minimum Gasteiger partial charge on any atom is -0.497 e. The van der Waals surface area contributed by atoms with Gasteiger partial charge in [0.2, 0.25) is 0 Å². The summed E-state index contributed by atoms with van der Waals surface area (Å²) < 4.78 is 11.4. The van der Waals surface area contributed by atoms with Crippen LogP contribution >= 0.6 is 0 Å². The molecular formula is C14H15NO4. The van der Waals surface area contributed by atoms with Crippen molar-refractivity contribution < 1.29 is 14.3 Å². The molecule has 1 heterocycles. The van der Waals surface area contributed by atoms with E-state index in [-0.39, 0.29) is 12.1 Å². The first-order valence-electron chi connectivity index (χ1n) is 5.99. The van der Waals surface area contributed by atoms with Gasteiger partial charge in [-0.2, -0.15) is 0 Å².